The average Bonchev–Trinajstić information content (AvgIpc) is 2.96. The molecule has 1 aromatic heterocycles. The molecule has 0 radical (unpaired) electrons. The van der Waals surface area contributed by atoms with E-state index in [0.717, 1.165) is 31.7 Å². The minimum atomic E-state index is -0.0769. The molecular formula is C15H23N3O2. The molecule has 1 saturated heterocycles. The third-order valence-electron chi connectivity index (χ3n) is 3.23. The van der Waals surface area contributed by atoms with E-state index >= 15 is 0 Å². The zero-order valence-electron chi connectivity index (χ0n) is 12.2. The molecule has 110 valence electrons. The molecule has 0 saturated carbocycles. The Bertz CT molecular complexity index is 442. The first kappa shape index (κ1) is 14.8. The highest BCUT2D eigenvalue weighted by Gasteiger charge is 2.15. The molecule has 0 aliphatic carbocycles. The van der Waals surface area contributed by atoms with E-state index in [1.54, 1.807) is 12.4 Å². The summed E-state index contributed by atoms with van der Waals surface area (Å²) in [5.41, 5.74) is 1.45. The van der Waals surface area contributed by atoms with E-state index in [9.17, 15) is 4.79 Å². The summed E-state index contributed by atoms with van der Waals surface area (Å²) in [6.07, 6.45) is 5.81. The number of aromatic nitrogens is 1. The lowest BCUT2D eigenvalue weighted by molar-refractivity contribution is 0.0948. The molecule has 1 fully saturated rings. The first-order valence-electron chi connectivity index (χ1n) is 7.24. The largest absolute Gasteiger partial charge is 0.381 e. The Hall–Kier alpha value is -1.62. The van der Waals surface area contributed by atoms with Crippen molar-refractivity contribution in [3.05, 3.63) is 24.0 Å². The van der Waals surface area contributed by atoms with Crippen LogP contribution >= 0.6 is 0 Å². The van der Waals surface area contributed by atoms with Crippen LogP contribution in [0.15, 0.2) is 18.5 Å². The molecule has 1 atom stereocenters. The fourth-order valence-corrected chi connectivity index (χ4v) is 2.10. The number of ether oxygens (including phenoxy) is 1. The van der Waals surface area contributed by atoms with Gasteiger partial charge in [-0.2, -0.15) is 0 Å². The standard InChI is InChI=1S/C15H23N3O2/c1-11(2)7-18-15(19)12-6-13(9-16-8-12)17-10-14-4-3-5-20-14/h6,8-9,11,14,17H,3-5,7,10H2,1-2H3,(H,18,19). The van der Waals surface area contributed by atoms with E-state index < -0.39 is 0 Å². The van der Waals surface area contributed by atoms with Crippen LogP contribution in [0.4, 0.5) is 5.69 Å². The zero-order chi connectivity index (χ0) is 14.4. The van der Waals surface area contributed by atoms with Gasteiger partial charge in [-0.15, -0.1) is 0 Å². The van der Waals surface area contributed by atoms with Gasteiger partial charge in [0.05, 0.1) is 17.4 Å². The number of hydrogen-bond donors (Lipinski definition) is 2. The Kier molecular flexibility index (Phi) is 5.35. The van der Waals surface area contributed by atoms with Crippen molar-refractivity contribution in [2.24, 2.45) is 5.92 Å². The Morgan fingerprint density at radius 3 is 3.05 bits per heavy atom. The van der Waals surface area contributed by atoms with E-state index in [2.05, 4.69) is 29.5 Å². The molecule has 0 bridgehead atoms. The van der Waals surface area contributed by atoms with Crippen molar-refractivity contribution >= 4 is 11.6 Å². The second-order valence-electron chi connectivity index (χ2n) is 5.58. The maximum Gasteiger partial charge on any atom is 0.252 e. The summed E-state index contributed by atoms with van der Waals surface area (Å²) in [7, 11) is 0. The van der Waals surface area contributed by atoms with Gasteiger partial charge in [-0.3, -0.25) is 9.78 Å². The lowest BCUT2D eigenvalue weighted by atomic mass is 10.2. The van der Waals surface area contributed by atoms with Crippen LogP contribution in [0.1, 0.15) is 37.0 Å². The molecule has 1 aliphatic rings. The van der Waals surface area contributed by atoms with E-state index in [0.29, 0.717) is 18.0 Å². The Morgan fingerprint density at radius 2 is 2.35 bits per heavy atom. The van der Waals surface area contributed by atoms with E-state index in [1.165, 1.54) is 0 Å². The summed E-state index contributed by atoms with van der Waals surface area (Å²) in [6.45, 7) is 6.42. The Balaban J connectivity index is 1.87. The van der Waals surface area contributed by atoms with Crippen molar-refractivity contribution in [1.82, 2.24) is 10.3 Å². The lowest BCUT2D eigenvalue weighted by Crippen LogP contribution is -2.27. The first-order chi connectivity index (χ1) is 9.65. The van der Waals surface area contributed by atoms with Crippen LogP contribution in [0.5, 0.6) is 0 Å². The van der Waals surface area contributed by atoms with Gasteiger partial charge in [-0.05, 0) is 24.8 Å². The van der Waals surface area contributed by atoms with Gasteiger partial charge >= 0.3 is 0 Å². The number of anilines is 1. The minimum Gasteiger partial charge on any atom is -0.381 e. The normalized spacial score (nSPS) is 18.2. The molecule has 2 rings (SSSR count). The van der Waals surface area contributed by atoms with Crippen molar-refractivity contribution in [2.75, 3.05) is 25.0 Å². The molecule has 0 aromatic carbocycles. The maximum absolute atomic E-state index is 12.0. The second-order valence-corrected chi connectivity index (χ2v) is 5.58. The molecule has 2 heterocycles. The van der Waals surface area contributed by atoms with E-state index in [4.69, 9.17) is 4.74 Å². The van der Waals surface area contributed by atoms with Crippen molar-refractivity contribution in [3.63, 3.8) is 0 Å². The van der Waals surface area contributed by atoms with Gasteiger partial charge in [-0.25, -0.2) is 0 Å². The van der Waals surface area contributed by atoms with Crippen LogP contribution in [0.2, 0.25) is 0 Å². The van der Waals surface area contributed by atoms with Crippen LogP contribution in [-0.2, 0) is 4.74 Å². The maximum atomic E-state index is 12.0. The van der Waals surface area contributed by atoms with Gasteiger partial charge in [0, 0.05) is 32.1 Å². The Labute approximate surface area is 120 Å². The topological polar surface area (TPSA) is 63.2 Å². The van der Waals surface area contributed by atoms with Gasteiger partial charge in [0.1, 0.15) is 0 Å². The van der Waals surface area contributed by atoms with E-state index in [1.807, 2.05) is 6.07 Å². The van der Waals surface area contributed by atoms with Crippen molar-refractivity contribution in [1.29, 1.82) is 0 Å². The minimum absolute atomic E-state index is 0.0769. The van der Waals surface area contributed by atoms with Gasteiger partial charge in [0.2, 0.25) is 0 Å². The van der Waals surface area contributed by atoms with Crippen LogP contribution in [0.3, 0.4) is 0 Å². The molecule has 5 heteroatoms. The summed E-state index contributed by atoms with van der Waals surface area (Å²) < 4.78 is 5.56. The van der Waals surface area contributed by atoms with Crippen molar-refractivity contribution in [3.8, 4) is 0 Å². The molecule has 1 aliphatic heterocycles. The van der Waals surface area contributed by atoms with Gasteiger partial charge in [0.15, 0.2) is 0 Å². The summed E-state index contributed by atoms with van der Waals surface area (Å²) in [6, 6.07) is 1.83. The number of carbonyl (C=O) groups excluding carboxylic acids is 1. The number of nitrogens with zero attached hydrogens (tertiary/aromatic N) is 1. The van der Waals surface area contributed by atoms with Crippen molar-refractivity contribution < 1.29 is 9.53 Å². The molecule has 2 N–H and O–H groups in total. The Morgan fingerprint density at radius 1 is 1.50 bits per heavy atom. The molecule has 0 spiro atoms. The highest BCUT2D eigenvalue weighted by molar-refractivity contribution is 5.94. The summed E-state index contributed by atoms with van der Waals surface area (Å²) >= 11 is 0. The van der Waals surface area contributed by atoms with Crippen molar-refractivity contribution in [2.45, 2.75) is 32.8 Å². The van der Waals surface area contributed by atoms with Crippen LogP contribution in [0, 0.1) is 5.92 Å². The second kappa shape index (κ2) is 7.24. The van der Waals surface area contributed by atoms with E-state index in [-0.39, 0.29) is 12.0 Å². The number of carbonyl (C=O) groups is 1. The molecular weight excluding hydrogens is 254 g/mol. The van der Waals surface area contributed by atoms with Crippen LogP contribution in [0.25, 0.3) is 0 Å². The highest BCUT2D eigenvalue weighted by atomic mass is 16.5. The first-order valence-corrected chi connectivity index (χ1v) is 7.24. The summed E-state index contributed by atoms with van der Waals surface area (Å²) in [5, 5.41) is 6.17. The quantitative estimate of drug-likeness (QED) is 0.835. The van der Waals surface area contributed by atoms with Gasteiger partial charge in [-0.1, -0.05) is 13.8 Å². The SMILES string of the molecule is CC(C)CNC(=O)c1cncc(NCC2CCCO2)c1. The number of rotatable bonds is 6. The number of nitrogens with one attached hydrogen (secondary N) is 2. The van der Waals surface area contributed by atoms with Gasteiger partial charge in [0.25, 0.3) is 5.91 Å². The molecule has 20 heavy (non-hydrogen) atoms. The lowest BCUT2D eigenvalue weighted by Gasteiger charge is -2.12. The average molecular weight is 277 g/mol. The third kappa shape index (κ3) is 4.49. The zero-order valence-corrected chi connectivity index (χ0v) is 12.2. The molecule has 1 unspecified atom stereocenters. The number of hydrogen-bond acceptors (Lipinski definition) is 4. The highest BCUT2D eigenvalue weighted by Crippen LogP contribution is 2.14. The predicted molar refractivity (Wildman–Crippen MR) is 78.9 cm³/mol. The van der Waals surface area contributed by atoms with Gasteiger partial charge < -0.3 is 15.4 Å². The molecule has 1 aromatic rings. The van der Waals surface area contributed by atoms with Crippen LogP contribution < -0.4 is 10.6 Å². The third-order valence-corrected chi connectivity index (χ3v) is 3.23. The fourth-order valence-electron chi connectivity index (χ4n) is 2.10. The van der Waals surface area contributed by atoms with Crippen LogP contribution in [-0.4, -0.2) is 36.7 Å². The fraction of sp³-hybridized carbons (Fsp3) is 0.600. The smallest absolute Gasteiger partial charge is 0.252 e. The predicted octanol–water partition coefficient (Wildman–Crippen LogP) is 2.06. The molecule has 5 nitrogen and oxygen atoms in total. The summed E-state index contributed by atoms with van der Waals surface area (Å²) in [5.74, 6) is 0.361. The molecule has 1 amide bonds. The summed E-state index contributed by atoms with van der Waals surface area (Å²) in [4.78, 5) is 16.1. The number of pyridine rings is 1. The monoisotopic (exact) mass is 277 g/mol. The number of amides is 1.